The Morgan fingerprint density at radius 1 is 1.75 bits per heavy atom. The van der Waals surface area contributed by atoms with Crippen molar-refractivity contribution in [2.24, 2.45) is 0 Å². The second kappa shape index (κ2) is 4.06. The van der Waals surface area contributed by atoms with E-state index in [9.17, 15) is 4.79 Å². The normalized spacial score (nSPS) is 9.75. The molecule has 0 bridgehead atoms. The van der Waals surface area contributed by atoms with Crippen LogP contribution < -0.4 is 0 Å². The van der Waals surface area contributed by atoms with E-state index in [4.69, 9.17) is 5.11 Å². The van der Waals surface area contributed by atoms with Crippen LogP contribution in [-0.2, 0) is 11.2 Å². The summed E-state index contributed by atoms with van der Waals surface area (Å²) >= 11 is 1.39. The molecule has 5 heteroatoms. The van der Waals surface area contributed by atoms with Crippen molar-refractivity contribution in [1.82, 2.24) is 9.97 Å². The fourth-order valence-corrected chi connectivity index (χ4v) is 1.10. The van der Waals surface area contributed by atoms with Gasteiger partial charge < -0.3 is 5.11 Å². The lowest BCUT2D eigenvalue weighted by Gasteiger charge is -1.97. The van der Waals surface area contributed by atoms with E-state index in [1.54, 1.807) is 12.3 Å². The lowest BCUT2D eigenvalue weighted by Crippen LogP contribution is -2.03. The van der Waals surface area contributed by atoms with E-state index in [0.29, 0.717) is 10.9 Å². The summed E-state index contributed by atoms with van der Waals surface area (Å²) in [4.78, 5) is 18.2. The number of rotatable bonds is 3. The lowest BCUT2D eigenvalue weighted by atomic mass is 10.3. The Bertz CT molecular complexity index is 290. The predicted octanol–water partition coefficient (Wildman–Crippen LogP) is 0.826. The summed E-state index contributed by atoms with van der Waals surface area (Å²) in [6, 6.07) is 1.60. The Hall–Kier alpha value is -1.10. The highest BCUT2D eigenvalue weighted by Gasteiger charge is 2.02. The Morgan fingerprint density at radius 3 is 3.08 bits per heavy atom. The average Bonchev–Trinajstić information content (AvgIpc) is 2.03. The van der Waals surface area contributed by atoms with Gasteiger partial charge in [-0.05, 0) is 12.3 Å². The van der Waals surface area contributed by atoms with Crippen molar-refractivity contribution in [2.45, 2.75) is 11.6 Å². The number of nitrogens with zero attached hydrogens (tertiary/aromatic N) is 2. The lowest BCUT2D eigenvalue weighted by molar-refractivity contribution is -0.136. The fraction of sp³-hybridized carbons (Fsp3) is 0.286. The van der Waals surface area contributed by atoms with E-state index in [1.165, 1.54) is 11.8 Å². The molecule has 1 aromatic heterocycles. The van der Waals surface area contributed by atoms with Crippen molar-refractivity contribution in [2.75, 3.05) is 6.26 Å². The molecule has 12 heavy (non-hydrogen) atoms. The zero-order valence-corrected chi connectivity index (χ0v) is 7.34. The summed E-state index contributed by atoms with van der Waals surface area (Å²) in [5.41, 5.74) is 0.543. The van der Waals surface area contributed by atoms with Gasteiger partial charge in [-0.2, -0.15) is 0 Å². The first kappa shape index (κ1) is 8.99. The third-order valence-electron chi connectivity index (χ3n) is 1.21. The van der Waals surface area contributed by atoms with E-state index in [2.05, 4.69) is 9.97 Å². The van der Waals surface area contributed by atoms with E-state index in [-0.39, 0.29) is 6.42 Å². The van der Waals surface area contributed by atoms with Crippen LogP contribution in [0.5, 0.6) is 0 Å². The molecule has 1 rings (SSSR count). The number of carboxylic acid groups (broad SMARTS) is 1. The van der Waals surface area contributed by atoms with Crippen LogP contribution in [0.15, 0.2) is 17.4 Å². The summed E-state index contributed by atoms with van der Waals surface area (Å²) in [5, 5.41) is 9.07. The number of carbonyl (C=O) groups is 1. The molecule has 0 aliphatic heterocycles. The second-order valence-electron chi connectivity index (χ2n) is 2.11. The van der Waals surface area contributed by atoms with Gasteiger partial charge >= 0.3 is 5.97 Å². The molecule has 1 aromatic rings. The van der Waals surface area contributed by atoms with Crippen molar-refractivity contribution in [3.05, 3.63) is 18.0 Å². The van der Waals surface area contributed by atoms with Crippen molar-refractivity contribution in [3.8, 4) is 0 Å². The van der Waals surface area contributed by atoms with Gasteiger partial charge in [-0.25, -0.2) is 9.97 Å². The monoisotopic (exact) mass is 184 g/mol. The Balaban J connectivity index is 2.79. The maximum atomic E-state index is 10.3. The molecule has 4 nitrogen and oxygen atoms in total. The van der Waals surface area contributed by atoms with E-state index < -0.39 is 5.97 Å². The Morgan fingerprint density at radius 2 is 2.50 bits per heavy atom. The smallest absolute Gasteiger partial charge is 0.309 e. The van der Waals surface area contributed by atoms with Crippen LogP contribution >= 0.6 is 11.8 Å². The van der Waals surface area contributed by atoms with Crippen molar-refractivity contribution in [3.63, 3.8) is 0 Å². The molecular formula is C7H8N2O2S. The molecule has 0 unspecified atom stereocenters. The van der Waals surface area contributed by atoms with E-state index >= 15 is 0 Å². The number of carboxylic acids is 1. The first-order chi connectivity index (χ1) is 5.72. The van der Waals surface area contributed by atoms with Gasteiger partial charge in [0, 0.05) is 6.20 Å². The quantitative estimate of drug-likeness (QED) is 0.556. The number of aliphatic carboxylic acids is 1. The molecule has 0 fully saturated rings. The Kier molecular flexibility index (Phi) is 3.04. The summed E-state index contributed by atoms with van der Waals surface area (Å²) in [5.74, 6) is -0.874. The predicted molar refractivity (Wildman–Crippen MR) is 45.2 cm³/mol. The highest BCUT2D eigenvalue weighted by Crippen LogP contribution is 2.07. The van der Waals surface area contributed by atoms with Gasteiger partial charge in [0.25, 0.3) is 0 Å². The SMILES string of the molecule is CSc1nccc(CC(=O)O)n1. The summed E-state index contributed by atoms with van der Waals surface area (Å²) < 4.78 is 0. The summed E-state index contributed by atoms with van der Waals surface area (Å²) in [6.07, 6.45) is 3.37. The van der Waals surface area contributed by atoms with Gasteiger partial charge in [-0.15, -0.1) is 0 Å². The maximum Gasteiger partial charge on any atom is 0.309 e. The number of aromatic nitrogens is 2. The van der Waals surface area contributed by atoms with E-state index in [0.717, 1.165) is 0 Å². The van der Waals surface area contributed by atoms with Crippen LogP contribution in [0.4, 0.5) is 0 Å². The Labute approximate surface area is 74.0 Å². The fourth-order valence-electron chi connectivity index (χ4n) is 0.728. The summed E-state index contributed by atoms with van der Waals surface area (Å²) in [6.45, 7) is 0. The van der Waals surface area contributed by atoms with Crippen LogP contribution in [0.25, 0.3) is 0 Å². The first-order valence-corrected chi connectivity index (χ1v) is 4.52. The minimum atomic E-state index is -0.874. The number of hydrogen-bond donors (Lipinski definition) is 1. The van der Waals surface area contributed by atoms with Gasteiger partial charge in [0.1, 0.15) is 0 Å². The summed E-state index contributed by atoms with van der Waals surface area (Å²) in [7, 11) is 0. The topological polar surface area (TPSA) is 63.1 Å². The molecule has 0 amide bonds. The molecule has 0 radical (unpaired) electrons. The molecule has 0 spiro atoms. The van der Waals surface area contributed by atoms with Crippen LogP contribution in [-0.4, -0.2) is 27.3 Å². The molecule has 1 N–H and O–H groups in total. The van der Waals surface area contributed by atoms with Crippen molar-refractivity contribution in [1.29, 1.82) is 0 Å². The van der Waals surface area contributed by atoms with Crippen LogP contribution in [0, 0.1) is 0 Å². The molecular weight excluding hydrogens is 176 g/mol. The molecule has 64 valence electrons. The van der Waals surface area contributed by atoms with Gasteiger partial charge in [-0.3, -0.25) is 4.79 Å². The van der Waals surface area contributed by atoms with Crippen molar-refractivity contribution < 1.29 is 9.90 Å². The zero-order valence-electron chi connectivity index (χ0n) is 6.52. The number of thioether (sulfide) groups is 1. The molecule has 0 aliphatic rings. The van der Waals surface area contributed by atoms with E-state index in [1.807, 2.05) is 6.26 Å². The highest BCUT2D eigenvalue weighted by molar-refractivity contribution is 7.98. The third kappa shape index (κ3) is 2.50. The minimum Gasteiger partial charge on any atom is -0.481 e. The maximum absolute atomic E-state index is 10.3. The first-order valence-electron chi connectivity index (χ1n) is 3.30. The number of hydrogen-bond acceptors (Lipinski definition) is 4. The zero-order chi connectivity index (χ0) is 8.97. The average molecular weight is 184 g/mol. The molecule has 1 heterocycles. The standard InChI is InChI=1S/C7H8N2O2S/c1-12-7-8-3-2-5(9-7)4-6(10)11/h2-3H,4H2,1H3,(H,10,11). The van der Waals surface area contributed by atoms with Crippen LogP contribution in [0.2, 0.25) is 0 Å². The second-order valence-corrected chi connectivity index (χ2v) is 2.88. The largest absolute Gasteiger partial charge is 0.481 e. The molecule has 0 aliphatic carbocycles. The third-order valence-corrected chi connectivity index (χ3v) is 1.77. The van der Waals surface area contributed by atoms with Crippen LogP contribution in [0.3, 0.4) is 0 Å². The van der Waals surface area contributed by atoms with Gasteiger partial charge in [0.15, 0.2) is 5.16 Å². The van der Waals surface area contributed by atoms with Gasteiger partial charge in [0.2, 0.25) is 0 Å². The van der Waals surface area contributed by atoms with Gasteiger partial charge in [-0.1, -0.05) is 11.8 Å². The van der Waals surface area contributed by atoms with Crippen LogP contribution in [0.1, 0.15) is 5.69 Å². The minimum absolute atomic E-state index is 0.0456. The molecule has 0 saturated carbocycles. The molecule has 0 atom stereocenters. The van der Waals surface area contributed by atoms with Gasteiger partial charge in [0.05, 0.1) is 12.1 Å². The van der Waals surface area contributed by atoms with Crippen molar-refractivity contribution >= 4 is 17.7 Å². The molecule has 0 saturated heterocycles. The highest BCUT2D eigenvalue weighted by atomic mass is 32.2. The molecule has 0 aromatic carbocycles.